The Balaban J connectivity index is 2.05. The van der Waals surface area contributed by atoms with E-state index in [1.54, 1.807) is 24.3 Å². The fourth-order valence-electron chi connectivity index (χ4n) is 2.10. The number of nitrogens with one attached hydrogen (secondary N) is 1. The van der Waals surface area contributed by atoms with Crippen molar-refractivity contribution in [3.05, 3.63) is 68.6 Å². The van der Waals surface area contributed by atoms with Crippen LogP contribution in [0.15, 0.2) is 47.3 Å². The van der Waals surface area contributed by atoms with Crippen LogP contribution in [0.4, 0.5) is 5.69 Å². The maximum atomic E-state index is 12.5. The van der Waals surface area contributed by atoms with Gasteiger partial charge < -0.3 is 5.32 Å². The van der Waals surface area contributed by atoms with Gasteiger partial charge in [0.15, 0.2) is 0 Å². The first kappa shape index (κ1) is 15.0. The number of Topliss-reactive ketones (excluding diaryl/α,β-unsaturated/α-hetero) is 2. The van der Waals surface area contributed by atoms with E-state index in [9.17, 15) is 9.59 Å². The maximum absolute atomic E-state index is 12.5. The van der Waals surface area contributed by atoms with Crippen molar-refractivity contribution in [3.63, 3.8) is 0 Å². The lowest BCUT2D eigenvalue weighted by molar-refractivity contribution is 0.0978. The lowest BCUT2D eigenvalue weighted by Crippen LogP contribution is -2.25. The summed E-state index contributed by atoms with van der Waals surface area (Å²) in [5.41, 5.74) is 0.685. The zero-order valence-electron chi connectivity index (χ0n) is 10.9. The van der Waals surface area contributed by atoms with Crippen molar-refractivity contribution in [1.29, 1.82) is 0 Å². The Bertz CT molecular complexity index is 826. The van der Waals surface area contributed by atoms with Gasteiger partial charge in [-0.2, -0.15) is 0 Å². The van der Waals surface area contributed by atoms with Crippen molar-refractivity contribution < 1.29 is 9.59 Å². The molecule has 7 heteroatoms. The molecule has 1 aliphatic carbocycles. The number of nitrogens with zero attached hydrogens (tertiary/aromatic N) is 1. The molecule has 1 aliphatic rings. The molecular weight excluding hydrogens is 347 g/mol. The summed E-state index contributed by atoms with van der Waals surface area (Å²) in [5, 5.41) is 3.38. The number of allylic oxidation sites excluding steroid dienone is 2. The van der Waals surface area contributed by atoms with Gasteiger partial charge in [-0.1, -0.05) is 34.8 Å². The fourth-order valence-corrected chi connectivity index (χ4v) is 2.85. The summed E-state index contributed by atoms with van der Waals surface area (Å²) in [4.78, 5) is 28.6. The summed E-state index contributed by atoms with van der Waals surface area (Å²) in [6.07, 6.45) is 1.43. The van der Waals surface area contributed by atoms with Crippen molar-refractivity contribution in [2.45, 2.75) is 0 Å². The SMILES string of the molecule is O=C1C(Nc2cc(Cl)cc(Cl)c2)=C(Cl)C(=O)c2ncccc21. The molecule has 0 amide bonds. The van der Waals surface area contributed by atoms with Crippen LogP contribution in [0.2, 0.25) is 10.0 Å². The third kappa shape index (κ3) is 2.61. The molecular formula is C15H7Cl3N2O2. The zero-order valence-corrected chi connectivity index (χ0v) is 13.1. The molecule has 0 aliphatic heterocycles. The number of aromatic nitrogens is 1. The normalized spacial score (nSPS) is 14.1. The molecule has 0 fully saturated rings. The number of carbonyl (C=O) groups excluding carboxylic acids is 2. The van der Waals surface area contributed by atoms with Crippen molar-refractivity contribution in [2.24, 2.45) is 0 Å². The van der Waals surface area contributed by atoms with E-state index in [1.165, 1.54) is 12.3 Å². The van der Waals surface area contributed by atoms with Crippen LogP contribution in [-0.2, 0) is 0 Å². The number of halogens is 3. The van der Waals surface area contributed by atoms with E-state index in [-0.39, 0.29) is 22.0 Å². The van der Waals surface area contributed by atoms with E-state index in [2.05, 4.69) is 10.3 Å². The molecule has 2 aromatic rings. The van der Waals surface area contributed by atoms with Crippen LogP contribution in [0.25, 0.3) is 0 Å². The van der Waals surface area contributed by atoms with E-state index >= 15 is 0 Å². The van der Waals surface area contributed by atoms with E-state index in [0.717, 1.165) is 0 Å². The molecule has 1 N–H and O–H groups in total. The van der Waals surface area contributed by atoms with Crippen LogP contribution in [0, 0.1) is 0 Å². The van der Waals surface area contributed by atoms with Crippen LogP contribution in [-0.4, -0.2) is 16.6 Å². The molecule has 0 atom stereocenters. The van der Waals surface area contributed by atoms with Crippen LogP contribution in [0.5, 0.6) is 0 Å². The van der Waals surface area contributed by atoms with E-state index in [4.69, 9.17) is 34.8 Å². The Kier molecular flexibility index (Phi) is 3.91. The van der Waals surface area contributed by atoms with Crippen molar-refractivity contribution in [1.82, 2.24) is 4.98 Å². The summed E-state index contributed by atoms with van der Waals surface area (Å²) in [7, 11) is 0. The van der Waals surface area contributed by atoms with Crippen LogP contribution in [0.1, 0.15) is 20.8 Å². The average molecular weight is 354 g/mol. The highest BCUT2D eigenvalue weighted by atomic mass is 35.5. The largest absolute Gasteiger partial charge is 0.351 e. The van der Waals surface area contributed by atoms with E-state index < -0.39 is 11.6 Å². The van der Waals surface area contributed by atoms with E-state index in [1.807, 2.05) is 0 Å². The molecule has 0 spiro atoms. The molecule has 3 rings (SSSR count). The summed E-state index contributed by atoms with van der Waals surface area (Å²) in [6, 6.07) is 7.80. The highest BCUT2D eigenvalue weighted by Crippen LogP contribution is 2.30. The zero-order chi connectivity index (χ0) is 15.9. The third-order valence-corrected chi connectivity index (χ3v) is 3.84. The highest BCUT2D eigenvalue weighted by molar-refractivity contribution is 6.50. The topological polar surface area (TPSA) is 59.1 Å². The Hall–Kier alpha value is -1.88. The lowest BCUT2D eigenvalue weighted by atomic mass is 9.97. The number of ketones is 2. The Labute approximate surface area is 140 Å². The summed E-state index contributed by atoms with van der Waals surface area (Å²) in [5.74, 6) is -0.920. The molecule has 110 valence electrons. The van der Waals surface area contributed by atoms with Crippen LogP contribution < -0.4 is 5.32 Å². The lowest BCUT2D eigenvalue weighted by Gasteiger charge is -2.18. The second kappa shape index (κ2) is 5.72. The molecule has 0 saturated heterocycles. The van der Waals surface area contributed by atoms with Crippen molar-refractivity contribution in [2.75, 3.05) is 5.32 Å². The van der Waals surface area contributed by atoms with Gasteiger partial charge in [0.2, 0.25) is 11.6 Å². The van der Waals surface area contributed by atoms with Gasteiger partial charge in [0.25, 0.3) is 0 Å². The van der Waals surface area contributed by atoms with Gasteiger partial charge in [-0.15, -0.1) is 0 Å². The Morgan fingerprint density at radius 1 is 0.955 bits per heavy atom. The smallest absolute Gasteiger partial charge is 0.225 e. The van der Waals surface area contributed by atoms with Gasteiger partial charge in [-0.3, -0.25) is 14.6 Å². The van der Waals surface area contributed by atoms with Gasteiger partial charge in [0.1, 0.15) is 16.4 Å². The minimum atomic E-state index is -0.507. The minimum absolute atomic E-state index is 0.0227. The summed E-state index contributed by atoms with van der Waals surface area (Å²) in [6.45, 7) is 0. The van der Waals surface area contributed by atoms with Gasteiger partial charge in [-0.25, -0.2) is 0 Å². The molecule has 0 unspecified atom stereocenters. The van der Waals surface area contributed by atoms with Gasteiger partial charge in [0, 0.05) is 21.9 Å². The first-order valence-electron chi connectivity index (χ1n) is 6.14. The van der Waals surface area contributed by atoms with Gasteiger partial charge >= 0.3 is 0 Å². The summed E-state index contributed by atoms with van der Waals surface area (Å²) < 4.78 is 0. The van der Waals surface area contributed by atoms with Gasteiger partial charge in [0.05, 0.1) is 5.56 Å². The molecule has 4 nitrogen and oxygen atoms in total. The molecule has 1 aromatic heterocycles. The van der Waals surface area contributed by atoms with Crippen LogP contribution >= 0.6 is 34.8 Å². The van der Waals surface area contributed by atoms with E-state index in [0.29, 0.717) is 15.7 Å². The Morgan fingerprint density at radius 2 is 1.64 bits per heavy atom. The predicted molar refractivity (Wildman–Crippen MR) is 85.9 cm³/mol. The number of pyridine rings is 1. The first-order valence-corrected chi connectivity index (χ1v) is 7.28. The molecule has 0 radical (unpaired) electrons. The number of carbonyl (C=O) groups is 2. The average Bonchev–Trinajstić information content (AvgIpc) is 2.48. The second-order valence-corrected chi connectivity index (χ2v) is 5.78. The Morgan fingerprint density at radius 3 is 2.32 bits per heavy atom. The fraction of sp³-hybridized carbons (Fsp3) is 0. The van der Waals surface area contributed by atoms with Crippen molar-refractivity contribution >= 4 is 52.1 Å². The molecule has 0 saturated carbocycles. The standard InChI is InChI=1S/C15H7Cl3N2O2/c16-7-4-8(17)6-9(5-7)20-13-11(18)15(22)12-10(14(13)21)2-1-3-19-12/h1-6,20H. The monoisotopic (exact) mass is 352 g/mol. The maximum Gasteiger partial charge on any atom is 0.225 e. The third-order valence-electron chi connectivity index (χ3n) is 3.05. The molecule has 1 aromatic carbocycles. The predicted octanol–water partition coefficient (Wildman–Crippen LogP) is 4.33. The second-order valence-electron chi connectivity index (χ2n) is 4.53. The molecule has 1 heterocycles. The number of rotatable bonds is 2. The quantitative estimate of drug-likeness (QED) is 0.873. The number of benzene rings is 1. The first-order chi connectivity index (χ1) is 10.5. The number of hydrogen-bond acceptors (Lipinski definition) is 4. The highest BCUT2D eigenvalue weighted by Gasteiger charge is 2.32. The molecule has 0 bridgehead atoms. The van der Waals surface area contributed by atoms with Gasteiger partial charge in [-0.05, 0) is 30.3 Å². The number of fused-ring (bicyclic) bond motifs is 1. The van der Waals surface area contributed by atoms with Crippen molar-refractivity contribution in [3.8, 4) is 0 Å². The van der Waals surface area contributed by atoms with Crippen LogP contribution in [0.3, 0.4) is 0 Å². The minimum Gasteiger partial charge on any atom is -0.351 e. The number of hydrogen-bond donors (Lipinski definition) is 1. The number of anilines is 1. The summed E-state index contributed by atoms with van der Waals surface area (Å²) >= 11 is 17.9. The molecule has 22 heavy (non-hydrogen) atoms.